The number of carboxylic acids is 1. The zero-order valence-corrected chi connectivity index (χ0v) is 20.2. The normalized spacial score (nSPS) is 17.7. The average molecular weight is 507 g/mol. The first-order valence-electron chi connectivity index (χ1n) is 10.6. The zero-order chi connectivity index (χ0) is 23.2. The molecule has 1 atom stereocenters. The minimum Gasteiger partial charge on any atom is -0.493 e. The Hall–Kier alpha value is -2.52. The largest absolute Gasteiger partial charge is 0.493 e. The van der Waals surface area contributed by atoms with Gasteiger partial charge in [-0.2, -0.15) is 0 Å². The van der Waals surface area contributed by atoms with E-state index in [0.717, 1.165) is 28.4 Å². The Morgan fingerprint density at radius 2 is 2.06 bits per heavy atom. The second-order valence-corrected chi connectivity index (χ2v) is 9.34. The minimum atomic E-state index is -1.24. The number of halogens is 1. The Bertz CT molecular complexity index is 1130. The third kappa shape index (κ3) is 3.57. The maximum absolute atomic E-state index is 12.6. The fourth-order valence-electron chi connectivity index (χ4n) is 4.62. The van der Waals surface area contributed by atoms with E-state index in [1.165, 1.54) is 12.3 Å². The van der Waals surface area contributed by atoms with Gasteiger partial charge in [-0.25, -0.2) is 4.79 Å². The average Bonchev–Trinajstić information content (AvgIpc) is 2.73. The highest BCUT2D eigenvalue weighted by Crippen LogP contribution is 2.56. The van der Waals surface area contributed by atoms with Crippen molar-refractivity contribution in [3.05, 3.63) is 44.2 Å². The van der Waals surface area contributed by atoms with Crippen molar-refractivity contribution in [2.45, 2.75) is 45.2 Å². The summed E-state index contributed by atoms with van der Waals surface area (Å²) in [5, 5.41) is 11.6. The van der Waals surface area contributed by atoms with Gasteiger partial charge in [-0.1, -0.05) is 0 Å². The molecule has 0 amide bonds. The molecule has 2 aromatic rings. The summed E-state index contributed by atoms with van der Waals surface area (Å²) in [4.78, 5) is 24.2. The van der Waals surface area contributed by atoms with Crippen molar-refractivity contribution < 1.29 is 24.1 Å². The van der Waals surface area contributed by atoms with Gasteiger partial charge < -0.3 is 19.3 Å². The number of hydrogen-bond donors (Lipinski definition) is 1. The summed E-state index contributed by atoms with van der Waals surface area (Å²) in [5.74, 6) is -0.0775. The fourth-order valence-corrected chi connectivity index (χ4v) is 5.41. The van der Waals surface area contributed by atoms with Crippen LogP contribution in [0.25, 0.3) is 11.3 Å². The molecule has 2 aliphatic rings. The predicted molar refractivity (Wildman–Crippen MR) is 124 cm³/mol. The molecule has 32 heavy (non-hydrogen) atoms. The van der Waals surface area contributed by atoms with E-state index in [2.05, 4.69) is 34.8 Å². The Labute approximate surface area is 194 Å². The van der Waals surface area contributed by atoms with Crippen molar-refractivity contribution in [2.24, 2.45) is 0 Å². The number of ether oxygens (including phenoxy) is 3. The molecule has 0 aliphatic carbocycles. The number of methoxy groups -OCH3 is 1. The first kappa shape index (κ1) is 22.7. The second kappa shape index (κ2) is 8.44. The minimum absolute atomic E-state index is 0.00250. The number of aromatic nitrogens is 1. The quantitative estimate of drug-likeness (QED) is 0.541. The van der Waals surface area contributed by atoms with Crippen molar-refractivity contribution in [1.82, 2.24) is 4.68 Å². The lowest BCUT2D eigenvalue weighted by Crippen LogP contribution is -2.65. The van der Waals surface area contributed by atoms with Crippen LogP contribution in [0.2, 0.25) is 0 Å². The molecular formula is C23H27BrN2O6. The Morgan fingerprint density at radius 1 is 1.31 bits per heavy atom. The Kier molecular flexibility index (Phi) is 5.98. The monoisotopic (exact) mass is 506 g/mol. The van der Waals surface area contributed by atoms with E-state index >= 15 is 0 Å². The van der Waals surface area contributed by atoms with Crippen molar-refractivity contribution in [3.63, 3.8) is 0 Å². The van der Waals surface area contributed by atoms with Crippen LogP contribution < -0.4 is 19.9 Å². The van der Waals surface area contributed by atoms with Crippen molar-refractivity contribution in [1.29, 1.82) is 0 Å². The standard InChI is InChI=1S/C23H27BrN2O6/c1-5-31-7-6-8-32-21-18(30-4)9-13-15-10-17(27)14(22(28)29)12-25(15)26-16(11-23(26,2)3)19(13)20(21)24/h9-10,12,16H,5-8,11H2,1-4H3,(H,28,29). The van der Waals surface area contributed by atoms with Crippen LogP contribution in [0.1, 0.15) is 55.6 Å². The number of pyridine rings is 1. The summed E-state index contributed by atoms with van der Waals surface area (Å²) >= 11 is 3.74. The van der Waals surface area contributed by atoms with Crippen LogP contribution in [0.4, 0.5) is 0 Å². The molecule has 0 saturated carbocycles. The van der Waals surface area contributed by atoms with Crippen LogP contribution in [-0.4, -0.2) is 48.2 Å². The van der Waals surface area contributed by atoms with E-state index in [-0.39, 0.29) is 17.1 Å². The predicted octanol–water partition coefficient (Wildman–Crippen LogP) is 3.97. The van der Waals surface area contributed by atoms with Crippen molar-refractivity contribution in [2.75, 3.05) is 31.9 Å². The van der Waals surface area contributed by atoms with E-state index < -0.39 is 11.4 Å². The number of benzene rings is 1. The molecule has 1 fully saturated rings. The van der Waals surface area contributed by atoms with E-state index in [4.69, 9.17) is 14.2 Å². The van der Waals surface area contributed by atoms with Gasteiger partial charge in [-0.05, 0) is 49.2 Å². The number of rotatable bonds is 8. The maximum atomic E-state index is 12.6. The molecule has 1 unspecified atom stereocenters. The number of carboxylic acid groups (broad SMARTS) is 1. The molecule has 1 saturated heterocycles. The van der Waals surface area contributed by atoms with Gasteiger partial charge in [0.05, 0.1) is 35.5 Å². The van der Waals surface area contributed by atoms with Gasteiger partial charge in [0.25, 0.3) is 0 Å². The van der Waals surface area contributed by atoms with Crippen LogP contribution in [0.3, 0.4) is 0 Å². The summed E-state index contributed by atoms with van der Waals surface area (Å²) < 4.78 is 19.7. The van der Waals surface area contributed by atoms with Gasteiger partial charge in [0, 0.05) is 43.0 Å². The lowest BCUT2D eigenvalue weighted by Gasteiger charge is -2.60. The number of nitrogens with zero attached hydrogens (tertiary/aromatic N) is 2. The Morgan fingerprint density at radius 3 is 2.69 bits per heavy atom. The van der Waals surface area contributed by atoms with Gasteiger partial charge in [0.2, 0.25) is 0 Å². The molecule has 4 rings (SSSR count). The molecule has 0 bridgehead atoms. The number of carbonyl (C=O) groups is 1. The van der Waals surface area contributed by atoms with Crippen LogP contribution in [-0.2, 0) is 4.74 Å². The summed E-state index contributed by atoms with van der Waals surface area (Å²) in [6.45, 7) is 7.92. The third-order valence-corrected chi connectivity index (χ3v) is 6.83. The SMILES string of the molecule is CCOCCCOc1c(OC)cc2c(c1Br)C1CC(C)(C)N1n1cc(C(=O)O)c(=O)cc1-2. The molecule has 1 aromatic heterocycles. The third-order valence-electron chi connectivity index (χ3n) is 6.04. The first-order valence-corrected chi connectivity index (χ1v) is 11.4. The van der Waals surface area contributed by atoms with E-state index in [1.54, 1.807) is 11.8 Å². The van der Waals surface area contributed by atoms with Gasteiger partial charge in [0.15, 0.2) is 16.9 Å². The fraction of sp³-hybridized carbons (Fsp3) is 0.478. The molecule has 2 aliphatic heterocycles. The highest BCUT2D eigenvalue weighted by molar-refractivity contribution is 9.10. The van der Waals surface area contributed by atoms with Crippen LogP contribution in [0.5, 0.6) is 11.5 Å². The highest BCUT2D eigenvalue weighted by atomic mass is 79.9. The molecule has 1 N–H and O–H groups in total. The van der Waals surface area contributed by atoms with Crippen molar-refractivity contribution in [3.8, 4) is 22.8 Å². The number of aromatic carboxylic acids is 1. The number of hydrogen-bond acceptors (Lipinski definition) is 6. The zero-order valence-electron chi connectivity index (χ0n) is 18.6. The van der Waals surface area contributed by atoms with Gasteiger partial charge in [-0.3, -0.25) is 14.5 Å². The molecule has 0 spiro atoms. The van der Waals surface area contributed by atoms with Gasteiger partial charge >= 0.3 is 5.97 Å². The van der Waals surface area contributed by atoms with Gasteiger partial charge in [-0.15, -0.1) is 0 Å². The summed E-state index contributed by atoms with van der Waals surface area (Å²) in [7, 11) is 1.57. The lowest BCUT2D eigenvalue weighted by atomic mass is 9.76. The first-order chi connectivity index (χ1) is 15.2. The van der Waals surface area contributed by atoms with Crippen LogP contribution in [0.15, 0.2) is 27.6 Å². The molecule has 8 nitrogen and oxygen atoms in total. The molecule has 0 radical (unpaired) electrons. The highest BCUT2D eigenvalue weighted by Gasteiger charge is 2.51. The second-order valence-electron chi connectivity index (χ2n) is 8.55. The smallest absolute Gasteiger partial charge is 0.341 e. The molecule has 172 valence electrons. The Balaban J connectivity index is 1.84. The molecule has 9 heteroatoms. The van der Waals surface area contributed by atoms with Crippen LogP contribution >= 0.6 is 15.9 Å². The van der Waals surface area contributed by atoms with Gasteiger partial charge in [0.1, 0.15) is 5.56 Å². The van der Waals surface area contributed by atoms with Crippen molar-refractivity contribution >= 4 is 21.9 Å². The van der Waals surface area contributed by atoms with E-state index in [1.807, 2.05) is 13.0 Å². The summed E-state index contributed by atoms with van der Waals surface area (Å²) in [6, 6.07) is 3.26. The summed E-state index contributed by atoms with van der Waals surface area (Å²) in [6.07, 6.45) is 3.04. The molecule has 1 aromatic carbocycles. The van der Waals surface area contributed by atoms with E-state index in [0.29, 0.717) is 37.0 Å². The lowest BCUT2D eigenvalue weighted by molar-refractivity contribution is 0.0693. The molecular weight excluding hydrogens is 480 g/mol. The number of fused-ring (bicyclic) bond motifs is 6. The topological polar surface area (TPSA) is 90.2 Å². The summed E-state index contributed by atoms with van der Waals surface area (Å²) in [5.41, 5.74) is 1.46. The maximum Gasteiger partial charge on any atom is 0.341 e. The van der Waals surface area contributed by atoms with E-state index in [9.17, 15) is 14.7 Å². The van der Waals surface area contributed by atoms with Crippen LogP contribution in [0, 0.1) is 0 Å². The molecule has 3 heterocycles.